The fraction of sp³-hybridized carbons (Fsp3) is 0.615. The first kappa shape index (κ1) is 13.1. The topological polar surface area (TPSA) is 24.9 Å². The lowest BCUT2D eigenvalue weighted by Gasteiger charge is -2.14. The molecule has 1 heterocycles. The van der Waals surface area contributed by atoms with E-state index in [1.807, 2.05) is 0 Å². The van der Waals surface area contributed by atoms with Gasteiger partial charge in [0.15, 0.2) is 0 Å². The van der Waals surface area contributed by atoms with Crippen molar-refractivity contribution in [2.75, 3.05) is 0 Å². The molecule has 0 spiro atoms. The van der Waals surface area contributed by atoms with Crippen LogP contribution in [0.3, 0.4) is 0 Å². The van der Waals surface area contributed by atoms with Crippen LogP contribution in [0.2, 0.25) is 0 Å². The molecule has 16 heavy (non-hydrogen) atoms. The molecule has 0 bridgehead atoms. The van der Waals surface area contributed by atoms with Crippen LogP contribution in [0.4, 0.5) is 4.39 Å². The van der Waals surface area contributed by atoms with Gasteiger partial charge in [-0.2, -0.15) is 0 Å². The van der Waals surface area contributed by atoms with Crippen LogP contribution in [0.15, 0.2) is 18.3 Å². The van der Waals surface area contributed by atoms with Gasteiger partial charge in [-0.1, -0.05) is 13.8 Å². The Kier molecular flexibility index (Phi) is 5.39. The Labute approximate surface area is 97.3 Å². The number of nitrogens with one attached hydrogen (secondary N) is 1. The maximum Gasteiger partial charge on any atom is 0.146 e. The maximum atomic E-state index is 13.3. The lowest BCUT2D eigenvalue weighted by Crippen LogP contribution is -2.26. The summed E-state index contributed by atoms with van der Waals surface area (Å²) in [5.74, 6) is 0.488. The number of nitrogens with zero attached hydrogens (tertiary/aromatic N) is 1. The number of rotatable bonds is 6. The highest BCUT2D eigenvalue weighted by atomic mass is 19.1. The van der Waals surface area contributed by atoms with E-state index in [9.17, 15) is 4.39 Å². The van der Waals surface area contributed by atoms with Gasteiger partial charge in [0.05, 0.1) is 5.69 Å². The van der Waals surface area contributed by atoms with Crippen molar-refractivity contribution in [2.45, 2.75) is 46.2 Å². The van der Waals surface area contributed by atoms with Gasteiger partial charge in [0.2, 0.25) is 0 Å². The molecule has 0 aliphatic heterocycles. The molecule has 0 radical (unpaired) electrons. The van der Waals surface area contributed by atoms with Crippen molar-refractivity contribution >= 4 is 0 Å². The zero-order valence-corrected chi connectivity index (χ0v) is 10.3. The standard InChI is InChI=1S/C13H21FN2/c1-10(2)6-7-11(3)16-9-13-12(14)5-4-8-15-13/h4-5,8,10-11,16H,6-7,9H2,1-3H3. The minimum atomic E-state index is -0.231. The molecule has 0 aliphatic rings. The molecule has 1 atom stereocenters. The average molecular weight is 224 g/mol. The van der Waals surface area contributed by atoms with Crippen molar-refractivity contribution in [2.24, 2.45) is 5.92 Å². The zero-order valence-electron chi connectivity index (χ0n) is 10.3. The largest absolute Gasteiger partial charge is 0.309 e. The zero-order chi connectivity index (χ0) is 12.0. The van der Waals surface area contributed by atoms with Crippen molar-refractivity contribution in [3.05, 3.63) is 29.8 Å². The molecule has 90 valence electrons. The van der Waals surface area contributed by atoms with Crippen molar-refractivity contribution in [3.63, 3.8) is 0 Å². The van der Waals surface area contributed by atoms with E-state index < -0.39 is 0 Å². The highest BCUT2D eigenvalue weighted by Gasteiger charge is 2.06. The molecule has 0 saturated heterocycles. The van der Waals surface area contributed by atoms with Crippen molar-refractivity contribution < 1.29 is 4.39 Å². The molecule has 1 rings (SSSR count). The van der Waals surface area contributed by atoms with Crippen molar-refractivity contribution in [1.29, 1.82) is 0 Å². The Morgan fingerprint density at radius 3 is 2.69 bits per heavy atom. The van der Waals surface area contributed by atoms with Crippen molar-refractivity contribution in [1.82, 2.24) is 10.3 Å². The lowest BCUT2D eigenvalue weighted by molar-refractivity contribution is 0.443. The lowest BCUT2D eigenvalue weighted by atomic mass is 10.0. The van der Waals surface area contributed by atoms with Crippen LogP contribution in [-0.2, 0) is 6.54 Å². The number of pyridine rings is 1. The Balaban J connectivity index is 2.31. The average Bonchev–Trinajstić information content (AvgIpc) is 2.25. The van der Waals surface area contributed by atoms with Gasteiger partial charge >= 0.3 is 0 Å². The van der Waals surface area contributed by atoms with E-state index in [1.54, 1.807) is 12.3 Å². The predicted octanol–water partition coefficient (Wildman–Crippen LogP) is 3.14. The molecule has 1 unspecified atom stereocenters. The molecule has 0 amide bonds. The van der Waals surface area contributed by atoms with Crippen LogP contribution in [0, 0.1) is 11.7 Å². The number of halogens is 1. The van der Waals surface area contributed by atoms with Gasteiger partial charge in [0.25, 0.3) is 0 Å². The smallest absolute Gasteiger partial charge is 0.146 e. The third kappa shape index (κ3) is 4.71. The van der Waals surface area contributed by atoms with E-state index >= 15 is 0 Å². The van der Waals surface area contributed by atoms with E-state index in [0.29, 0.717) is 18.3 Å². The summed E-state index contributed by atoms with van der Waals surface area (Å²) >= 11 is 0. The predicted molar refractivity (Wildman–Crippen MR) is 64.6 cm³/mol. The molecule has 0 aliphatic carbocycles. The molecule has 0 fully saturated rings. The third-order valence-electron chi connectivity index (χ3n) is 2.63. The van der Waals surface area contributed by atoms with E-state index in [4.69, 9.17) is 0 Å². The fourth-order valence-corrected chi connectivity index (χ4v) is 1.50. The molecular formula is C13H21FN2. The number of hydrogen-bond acceptors (Lipinski definition) is 2. The second-order valence-electron chi connectivity index (χ2n) is 4.69. The van der Waals surface area contributed by atoms with Gasteiger partial charge in [-0.05, 0) is 37.8 Å². The first-order valence-corrected chi connectivity index (χ1v) is 5.92. The summed E-state index contributed by atoms with van der Waals surface area (Å²) in [4.78, 5) is 4.01. The first-order valence-electron chi connectivity index (χ1n) is 5.92. The molecule has 2 nitrogen and oxygen atoms in total. The third-order valence-corrected chi connectivity index (χ3v) is 2.63. The summed E-state index contributed by atoms with van der Waals surface area (Å²) in [5, 5.41) is 3.29. The van der Waals surface area contributed by atoms with Crippen LogP contribution < -0.4 is 5.32 Å². The molecule has 0 saturated carbocycles. The van der Waals surface area contributed by atoms with E-state index in [0.717, 1.165) is 12.3 Å². The molecular weight excluding hydrogens is 203 g/mol. The second-order valence-corrected chi connectivity index (χ2v) is 4.69. The molecule has 3 heteroatoms. The number of hydrogen-bond donors (Lipinski definition) is 1. The van der Waals surface area contributed by atoms with Gasteiger partial charge in [0, 0.05) is 18.8 Å². The molecule has 0 aromatic carbocycles. The summed E-state index contributed by atoms with van der Waals surface area (Å²) in [6.07, 6.45) is 3.93. The van der Waals surface area contributed by atoms with Gasteiger partial charge in [-0.25, -0.2) is 4.39 Å². The van der Waals surface area contributed by atoms with Gasteiger partial charge < -0.3 is 5.32 Å². The molecule has 1 aromatic heterocycles. The Hall–Kier alpha value is -0.960. The minimum Gasteiger partial charge on any atom is -0.309 e. The molecule has 1 aromatic rings. The molecule has 1 N–H and O–H groups in total. The summed E-state index contributed by atoms with van der Waals surface area (Å²) in [7, 11) is 0. The van der Waals surface area contributed by atoms with Gasteiger partial charge in [-0.15, -0.1) is 0 Å². The monoisotopic (exact) mass is 224 g/mol. The van der Waals surface area contributed by atoms with E-state index in [1.165, 1.54) is 12.5 Å². The highest BCUT2D eigenvalue weighted by molar-refractivity contribution is 5.06. The maximum absolute atomic E-state index is 13.3. The van der Waals surface area contributed by atoms with E-state index in [2.05, 4.69) is 31.1 Å². The minimum absolute atomic E-state index is 0.231. The SMILES string of the molecule is CC(C)CCC(C)NCc1ncccc1F. The fourth-order valence-electron chi connectivity index (χ4n) is 1.50. The van der Waals surface area contributed by atoms with Crippen LogP contribution in [-0.4, -0.2) is 11.0 Å². The Morgan fingerprint density at radius 1 is 1.31 bits per heavy atom. The van der Waals surface area contributed by atoms with Crippen molar-refractivity contribution in [3.8, 4) is 0 Å². The normalized spacial score (nSPS) is 13.1. The summed E-state index contributed by atoms with van der Waals surface area (Å²) in [5.41, 5.74) is 0.499. The van der Waals surface area contributed by atoms with Crippen LogP contribution in [0.5, 0.6) is 0 Å². The highest BCUT2D eigenvalue weighted by Crippen LogP contribution is 2.07. The summed E-state index contributed by atoms with van der Waals surface area (Å²) in [6, 6.07) is 3.47. The number of aromatic nitrogens is 1. The second kappa shape index (κ2) is 6.59. The Bertz CT molecular complexity index is 313. The van der Waals surface area contributed by atoms with Crippen LogP contribution in [0.1, 0.15) is 39.3 Å². The van der Waals surface area contributed by atoms with E-state index in [-0.39, 0.29) is 5.82 Å². The van der Waals surface area contributed by atoms with Crippen LogP contribution >= 0.6 is 0 Å². The van der Waals surface area contributed by atoms with Crippen LogP contribution in [0.25, 0.3) is 0 Å². The summed E-state index contributed by atoms with van der Waals surface area (Å²) in [6.45, 7) is 7.06. The summed E-state index contributed by atoms with van der Waals surface area (Å²) < 4.78 is 13.3. The van der Waals surface area contributed by atoms with Gasteiger partial charge in [0.1, 0.15) is 5.82 Å². The van der Waals surface area contributed by atoms with Gasteiger partial charge in [-0.3, -0.25) is 4.98 Å². The Morgan fingerprint density at radius 2 is 2.06 bits per heavy atom. The quantitative estimate of drug-likeness (QED) is 0.803. The first-order chi connectivity index (χ1) is 7.59.